The van der Waals surface area contributed by atoms with Crippen molar-refractivity contribution in [2.45, 2.75) is 65.0 Å². The number of hydrogen-bond acceptors (Lipinski definition) is 4. The first-order valence-electron chi connectivity index (χ1n) is 7.49. The Bertz CT molecular complexity index is 343. The number of aliphatic carboxylic acids is 1. The van der Waals surface area contributed by atoms with Gasteiger partial charge in [0.25, 0.3) is 0 Å². The third-order valence-electron chi connectivity index (χ3n) is 4.20. The second kappa shape index (κ2) is 7.62. The molecule has 4 atom stereocenters. The molecule has 0 aromatic carbocycles. The Balaban J connectivity index is 2.54. The van der Waals surface area contributed by atoms with E-state index in [-0.39, 0.29) is 18.9 Å². The molecular formula is C15H27NO4. The van der Waals surface area contributed by atoms with Crippen molar-refractivity contribution in [3.63, 3.8) is 0 Å². The molecule has 0 radical (unpaired) electrons. The number of carbonyl (C=O) groups excluding carboxylic acids is 1. The van der Waals surface area contributed by atoms with Gasteiger partial charge in [0.1, 0.15) is 12.1 Å². The van der Waals surface area contributed by atoms with E-state index in [1.54, 1.807) is 0 Å². The zero-order chi connectivity index (χ0) is 15.3. The highest BCUT2D eigenvalue weighted by Gasteiger charge is 2.34. The van der Waals surface area contributed by atoms with Gasteiger partial charge in [-0.3, -0.25) is 9.59 Å². The zero-order valence-corrected chi connectivity index (χ0v) is 12.7. The van der Waals surface area contributed by atoms with Crippen molar-refractivity contribution < 1.29 is 19.4 Å². The number of carbonyl (C=O) groups is 2. The maximum absolute atomic E-state index is 12.0. The van der Waals surface area contributed by atoms with Crippen molar-refractivity contribution in [1.82, 2.24) is 0 Å². The summed E-state index contributed by atoms with van der Waals surface area (Å²) in [6.45, 7) is 6.46. The maximum atomic E-state index is 12.0. The molecule has 1 fully saturated rings. The number of ether oxygens (including phenoxy) is 1. The van der Waals surface area contributed by atoms with E-state index >= 15 is 0 Å². The Morgan fingerprint density at radius 2 is 2.00 bits per heavy atom. The number of carboxylic acids is 1. The van der Waals surface area contributed by atoms with Crippen molar-refractivity contribution in [3.8, 4) is 0 Å². The van der Waals surface area contributed by atoms with Crippen LogP contribution in [0.25, 0.3) is 0 Å². The molecule has 3 N–H and O–H groups in total. The normalized spacial score (nSPS) is 28.1. The van der Waals surface area contributed by atoms with Crippen LogP contribution in [0.5, 0.6) is 0 Å². The molecule has 3 unspecified atom stereocenters. The van der Waals surface area contributed by atoms with Crippen molar-refractivity contribution >= 4 is 11.9 Å². The van der Waals surface area contributed by atoms with Crippen molar-refractivity contribution in [1.29, 1.82) is 0 Å². The van der Waals surface area contributed by atoms with Gasteiger partial charge >= 0.3 is 11.9 Å². The lowest BCUT2D eigenvalue weighted by atomic mass is 9.75. The highest BCUT2D eigenvalue weighted by molar-refractivity contribution is 5.76. The van der Waals surface area contributed by atoms with Crippen LogP contribution < -0.4 is 5.73 Å². The summed E-state index contributed by atoms with van der Waals surface area (Å²) >= 11 is 0. The third kappa shape index (κ3) is 5.12. The predicted molar refractivity (Wildman–Crippen MR) is 76.1 cm³/mol. The first-order valence-corrected chi connectivity index (χ1v) is 7.49. The van der Waals surface area contributed by atoms with E-state index in [9.17, 15) is 9.59 Å². The van der Waals surface area contributed by atoms with E-state index in [0.29, 0.717) is 17.8 Å². The summed E-state index contributed by atoms with van der Waals surface area (Å²) in [6, 6.07) is -0.837. The Hall–Kier alpha value is -1.10. The van der Waals surface area contributed by atoms with Gasteiger partial charge in [-0.25, -0.2) is 0 Å². The summed E-state index contributed by atoms with van der Waals surface area (Å²) in [7, 11) is 0. The summed E-state index contributed by atoms with van der Waals surface area (Å²) in [5.41, 5.74) is 5.70. The molecule has 5 nitrogen and oxygen atoms in total. The minimum absolute atomic E-state index is 0.0814. The molecule has 0 aromatic heterocycles. The number of esters is 1. The van der Waals surface area contributed by atoms with Crippen molar-refractivity contribution in [3.05, 3.63) is 0 Å². The Morgan fingerprint density at radius 1 is 1.35 bits per heavy atom. The van der Waals surface area contributed by atoms with Crippen molar-refractivity contribution in [2.75, 3.05) is 0 Å². The van der Waals surface area contributed by atoms with E-state index in [1.165, 1.54) is 6.42 Å². The van der Waals surface area contributed by atoms with Gasteiger partial charge < -0.3 is 15.6 Å². The van der Waals surface area contributed by atoms with Crippen LogP contribution >= 0.6 is 0 Å². The molecule has 0 aromatic rings. The number of nitrogens with two attached hydrogens (primary N) is 1. The molecule has 1 aliphatic carbocycles. The molecule has 1 saturated carbocycles. The van der Waals surface area contributed by atoms with E-state index in [2.05, 4.69) is 20.8 Å². The summed E-state index contributed by atoms with van der Waals surface area (Å²) in [5.74, 6) is -0.00833. The lowest BCUT2D eigenvalue weighted by Crippen LogP contribution is -2.41. The molecule has 1 aliphatic rings. The predicted octanol–water partition coefficient (Wildman–Crippen LogP) is 2.18. The fourth-order valence-electron chi connectivity index (χ4n) is 2.88. The molecule has 116 valence electrons. The molecule has 20 heavy (non-hydrogen) atoms. The SMILES string of the molecule is CC1CCC(C(C)C)C(OC(=O)[C@@H](N)CCC(=O)O)C1. The van der Waals surface area contributed by atoms with Crippen LogP contribution in [0.2, 0.25) is 0 Å². The van der Waals surface area contributed by atoms with Crippen LogP contribution in [-0.4, -0.2) is 29.2 Å². The molecule has 0 aliphatic heterocycles. The lowest BCUT2D eigenvalue weighted by molar-refractivity contribution is -0.157. The van der Waals surface area contributed by atoms with Crippen LogP contribution in [0, 0.1) is 17.8 Å². The van der Waals surface area contributed by atoms with Gasteiger partial charge in [0.05, 0.1) is 0 Å². The van der Waals surface area contributed by atoms with Crippen LogP contribution in [0.4, 0.5) is 0 Å². The lowest BCUT2D eigenvalue weighted by Gasteiger charge is -2.37. The zero-order valence-electron chi connectivity index (χ0n) is 12.7. The van der Waals surface area contributed by atoms with Gasteiger partial charge in [-0.15, -0.1) is 0 Å². The summed E-state index contributed by atoms with van der Waals surface area (Å²) in [4.78, 5) is 22.5. The Labute approximate surface area is 120 Å². The van der Waals surface area contributed by atoms with Gasteiger partial charge in [0.2, 0.25) is 0 Å². The monoisotopic (exact) mass is 285 g/mol. The molecule has 0 saturated heterocycles. The number of hydrogen-bond donors (Lipinski definition) is 2. The van der Waals surface area contributed by atoms with Gasteiger partial charge in [-0.1, -0.05) is 27.2 Å². The Morgan fingerprint density at radius 3 is 2.55 bits per heavy atom. The summed E-state index contributed by atoms with van der Waals surface area (Å²) < 4.78 is 5.57. The number of carboxylic acid groups (broad SMARTS) is 1. The van der Waals surface area contributed by atoms with E-state index in [4.69, 9.17) is 15.6 Å². The van der Waals surface area contributed by atoms with Gasteiger partial charge in [0.15, 0.2) is 0 Å². The van der Waals surface area contributed by atoms with Gasteiger partial charge in [-0.05, 0) is 37.0 Å². The molecule has 0 bridgehead atoms. The van der Waals surface area contributed by atoms with E-state index < -0.39 is 18.0 Å². The summed E-state index contributed by atoms with van der Waals surface area (Å²) in [5, 5.41) is 8.61. The average Bonchev–Trinajstić information content (AvgIpc) is 2.35. The van der Waals surface area contributed by atoms with Crippen LogP contribution in [-0.2, 0) is 14.3 Å². The van der Waals surface area contributed by atoms with E-state index in [1.807, 2.05) is 0 Å². The molecule has 1 rings (SSSR count). The van der Waals surface area contributed by atoms with E-state index in [0.717, 1.165) is 12.8 Å². The first kappa shape index (κ1) is 17.0. The maximum Gasteiger partial charge on any atom is 0.323 e. The molecule has 0 heterocycles. The molecule has 0 amide bonds. The molecule has 0 spiro atoms. The molecule has 5 heteroatoms. The molecular weight excluding hydrogens is 258 g/mol. The van der Waals surface area contributed by atoms with Crippen molar-refractivity contribution in [2.24, 2.45) is 23.5 Å². The fourth-order valence-corrected chi connectivity index (χ4v) is 2.88. The highest BCUT2D eigenvalue weighted by atomic mass is 16.5. The highest BCUT2D eigenvalue weighted by Crippen LogP contribution is 2.35. The quantitative estimate of drug-likeness (QED) is 0.730. The first-order chi connectivity index (χ1) is 9.31. The smallest absolute Gasteiger partial charge is 0.323 e. The van der Waals surface area contributed by atoms with Crippen LogP contribution in [0.15, 0.2) is 0 Å². The second-order valence-corrected chi connectivity index (χ2v) is 6.34. The van der Waals surface area contributed by atoms with Crippen LogP contribution in [0.3, 0.4) is 0 Å². The second-order valence-electron chi connectivity index (χ2n) is 6.34. The largest absolute Gasteiger partial charge is 0.481 e. The number of rotatable bonds is 6. The topological polar surface area (TPSA) is 89.6 Å². The van der Waals surface area contributed by atoms with Crippen LogP contribution in [0.1, 0.15) is 52.9 Å². The minimum Gasteiger partial charge on any atom is -0.481 e. The Kier molecular flexibility index (Phi) is 6.46. The third-order valence-corrected chi connectivity index (χ3v) is 4.20. The van der Waals surface area contributed by atoms with Gasteiger partial charge in [-0.2, -0.15) is 0 Å². The summed E-state index contributed by atoms with van der Waals surface area (Å²) in [6.07, 6.45) is 3.05. The average molecular weight is 285 g/mol. The minimum atomic E-state index is -0.945. The fraction of sp³-hybridized carbons (Fsp3) is 0.867. The standard InChI is InChI=1S/C15H27NO4/c1-9(2)11-5-4-10(3)8-13(11)20-15(19)12(16)6-7-14(17)18/h9-13H,4-8,16H2,1-3H3,(H,17,18)/t10?,11?,12-,13?/m0/s1. The van der Waals surface area contributed by atoms with Gasteiger partial charge in [0, 0.05) is 6.42 Å².